The van der Waals surface area contributed by atoms with Crippen molar-refractivity contribution in [3.63, 3.8) is 0 Å². The third-order valence-corrected chi connectivity index (χ3v) is 1.83. The minimum absolute atomic E-state index is 0.506. The van der Waals surface area contributed by atoms with Gasteiger partial charge in [-0.05, 0) is 31.2 Å². The maximum atomic E-state index is 5.73. The monoisotopic (exact) mass is 219 g/mol. The summed E-state index contributed by atoms with van der Waals surface area (Å²) in [4.78, 5) is 0. The molecule has 0 amide bonds. The molecular weight excluding hydrogens is 206 g/mol. The Morgan fingerprint density at radius 3 is 2.53 bits per heavy atom. The molecule has 15 heavy (non-hydrogen) atoms. The van der Waals surface area contributed by atoms with E-state index in [1.54, 1.807) is 6.08 Å². The van der Waals surface area contributed by atoms with Crippen molar-refractivity contribution in [2.75, 3.05) is 5.32 Å². The Morgan fingerprint density at radius 1 is 1.33 bits per heavy atom. The van der Waals surface area contributed by atoms with Crippen LogP contribution in [0.15, 0.2) is 65.9 Å². The minimum atomic E-state index is 0.506. The molecule has 1 aromatic rings. The first kappa shape index (κ1) is 11.6. The van der Waals surface area contributed by atoms with E-state index in [0.717, 1.165) is 11.4 Å². The largest absolute Gasteiger partial charge is 0.355 e. The third kappa shape index (κ3) is 4.52. The second kappa shape index (κ2) is 6.10. The predicted molar refractivity (Wildman–Crippen MR) is 68.0 cm³/mol. The molecule has 0 saturated carbocycles. The molecule has 0 saturated heterocycles. The molecule has 2 heteroatoms. The second-order valence-electron chi connectivity index (χ2n) is 3.04. The van der Waals surface area contributed by atoms with Gasteiger partial charge in [-0.1, -0.05) is 42.5 Å². The second-order valence-corrected chi connectivity index (χ2v) is 3.52. The molecule has 0 unspecified atom stereocenters. The lowest BCUT2D eigenvalue weighted by Gasteiger charge is -2.06. The van der Waals surface area contributed by atoms with E-state index in [1.807, 2.05) is 49.4 Å². The fourth-order valence-electron chi connectivity index (χ4n) is 1.16. The van der Waals surface area contributed by atoms with Crippen molar-refractivity contribution in [2.45, 2.75) is 6.92 Å². The Labute approximate surface area is 95.8 Å². The molecule has 0 fully saturated rings. The maximum absolute atomic E-state index is 5.73. The number of para-hydroxylation sites is 1. The lowest BCUT2D eigenvalue weighted by atomic mass is 10.3. The number of anilines is 1. The molecule has 0 aromatic heterocycles. The molecule has 1 N–H and O–H groups in total. The number of rotatable bonds is 4. The topological polar surface area (TPSA) is 12.0 Å². The Kier molecular flexibility index (Phi) is 4.72. The highest BCUT2D eigenvalue weighted by Gasteiger charge is 1.93. The van der Waals surface area contributed by atoms with Crippen LogP contribution in [0.4, 0.5) is 5.69 Å². The molecule has 1 rings (SSSR count). The van der Waals surface area contributed by atoms with E-state index < -0.39 is 0 Å². The number of nitrogens with one attached hydrogen (secondary N) is 1. The van der Waals surface area contributed by atoms with E-state index in [0.29, 0.717) is 5.03 Å². The Balaban J connectivity index is 2.81. The molecule has 78 valence electrons. The SMILES string of the molecule is C=C(Cl)/C=C(\C=C/C)Nc1ccccc1. The smallest absolute Gasteiger partial charge is 0.0395 e. The highest BCUT2D eigenvalue weighted by molar-refractivity contribution is 6.30. The Morgan fingerprint density at radius 2 is 2.00 bits per heavy atom. The van der Waals surface area contributed by atoms with Gasteiger partial charge in [-0.15, -0.1) is 0 Å². The van der Waals surface area contributed by atoms with Crippen LogP contribution in [-0.4, -0.2) is 0 Å². The van der Waals surface area contributed by atoms with Crippen molar-refractivity contribution in [3.8, 4) is 0 Å². The molecule has 0 bridgehead atoms. The normalized spacial score (nSPS) is 11.7. The van der Waals surface area contributed by atoms with Gasteiger partial charge in [0.1, 0.15) is 0 Å². The zero-order chi connectivity index (χ0) is 11.1. The highest BCUT2D eigenvalue weighted by atomic mass is 35.5. The van der Waals surface area contributed by atoms with Gasteiger partial charge < -0.3 is 5.32 Å². The van der Waals surface area contributed by atoms with Crippen LogP contribution in [0, 0.1) is 0 Å². The fourth-order valence-corrected chi connectivity index (χ4v) is 1.28. The zero-order valence-corrected chi connectivity index (χ0v) is 9.46. The summed E-state index contributed by atoms with van der Waals surface area (Å²) in [6.07, 6.45) is 5.68. The molecule has 0 spiro atoms. The van der Waals surface area contributed by atoms with Gasteiger partial charge in [0, 0.05) is 16.4 Å². The maximum Gasteiger partial charge on any atom is 0.0395 e. The average Bonchev–Trinajstić information content (AvgIpc) is 2.18. The summed E-state index contributed by atoms with van der Waals surface area (Å²) in [6.45, 7) is 5.59. The summed E-state index contributed by atoms with van der Waals surface area (Å²) in [6, 6.07) is 9.92. The van der Waals surface area contributed by atoms with E-state index in [2.05, 4.69) is 11.9 Å². The summed E-state index contributed by atoms with van der Waals surface area (Å²) in [5, 5.41) is 3.75. The number of hydrogen-bond acceptors (Lipinski definition) is 1. The number of hydrogen-bond donors (Lipinski definition) is 1. The van der Waals surface area contributed by atoms with Crippen molar-refractivity contribution >= 4 is 17.3 Å². The van der Waals surface area contributed by atoms with Gasteiger partial charge in [-0.3, -0.25) is 0 Å². The van der Waals surface area contributed by atoms with Crippen LogP contribution in [0.1, 0.15) is 6.92 Å². The lowest BCUT2D eigenvalue weighted by molar-refractivity contribution is 1.46. The molecule has 0 aliphatic heterocycles. The van der Waals surface area contributed by atoms with Gasteiger partial charge in [0.25, 0.3) is 0 Å². The standard InChI is InChI=1S/C13H14ClN/c1-3-7-13(10-11(2)14)15-12-8-5-4-6-9-12/h3-10,15H,2H2,1H3/b7-3-,13-10+. The van der Waals surface area contributed by atoms with Crippen molar-refractivity contribution in [1.29, 1.82) is 0 Å². The van der Waals surface area contributed by atoms with Crippen LogP contribution < -0.4 is 5.32 Å². The van der Waals surface area contributed by atoms with Crippen LogP contribution in [0.3, 0.4) is 0 Å². The highest BCUT2D eigenvalue weighted by Crippen LogP contribution is 2.12. The molecule has 0 aliphatic rings. The van der Waals surface area contributed by atoms with E-state index in [9.17, 15) is 0 Å². The van der Waals surface area contributed by atoms with E-state index in [4.69, 9.17) is 11.6 Å². The third-order valence-electron chi connectivity index (χ3n) is 1.72. The van der Waals surface area contributed by atoms with E-state index >= 15 is 0 Å². The Hall–Kier alpha value is -1.47. The van der Waals surface area contributed by atoms with E-state index in [-0.39, 0.29) is 0 Å². The number of allylic oxidation sites excluding steroid dienone is 4. The molecule has 1 nitrogen and oxygen atoms in total. The van der Waals surface area contributed by atoms with Crippen molar-refractivity contribution in [2.24, 2.45) is 0 Å². The van der Waals surface area contributed by atoms with Crippen molar-refractivity contribution in [3.05, 3.63) is 65.9 Å². The summed E-state index contributed by atoms with van der Waals surface area (Å²) < 4.78 is 0. The lowest BCUT2D eigenvalue weighted by Crippen LogP contribution is -1.96. The first-order valence-electron chi connectivity index (χ1n) is 4.73. The van der Waals surface area contributed by atoms with Gasteiger partial charge in [0.05, 0.1) is 0 Å². The minimum Gasteiger partial charge on any atom is -0.355 e. The van der Waals surface area contributed by atoms with Gasteiger partial charge in [0.2, 0.25) is 0 Å². The van der Waals surface area contributed by atoms with Crippen LogP contribution in [0.5, 0.6) is 0 Å². The van der Waals surface area contributed by atoms with Gasteiger partial charge in [-0.25, -0.2) is 0 Å². The molecular formula is C13H14ClN. The molecule has 1 aromatic carbocycles. The summed E-state index contributed by atoms with van der Waals surface area (Å²) in [5.41, 5.74) is 1.95. The molecule has 0 radical (unpaired) electrons. The Bertz CT molecular complexity index is 377. The predicted octanol–water partition coefficient (Wildman–Crippen LogP) is 4.31. The first-order chi connectivity index (χ1) is 7.22. The molecule has 0 heterocycles. The summed E-state index contributed by atoms with van der Waals surface area (Å²) in [7, 11) is 0. The first-order valence-corrected chi connectivity index (χ1v) is 5.11. The van der Waals surface area contributed by atoms with Gasteiger partial charge >= 0.3 is 0 Å². The van der Waals surface area contributed by atoms with Crippen LogP contribution in [-0.2, 0) is 0 Å². The van der Waals surface area contributed by atoms with Crippen LogP contribution >= 0.6 is 11.6 Å². The number of halogens is 1. The average molecular weight is 220 g/mol. The molecule has 0 atom stereocenters. The van der Waals surface area contributed by atoms with Crippen LogP contribution in [0.2, 0.25) is 0 Å². The molecule has 0 aliphatic carbocycles. The fraction of sp³-hybridized carbons (Fsp3) is 0.0769. The summed E-state index contributed by atoms with van der Waals surface area (Å²) >= 11 is 5.73. The number of benzene rings is 1. The summed E-state index contributed by atoms with van der Waals surface area (Å²) in [5.74, 6) is 0. The van der Waals surface area contributed by atoms with Crippen molar-refractivity contribution < 1.29 is 0 Å². The van der Waals surface area contributed by atoms with Crippen LogP contribution in [0.25, 0.3) is 0 Å². The van der Waals surface area contributed by atoms with Gasteiger partial charge in [-0.2, -0.15) is 0 Å². The van der Waals surface area contributed by atoms with Gasteiger partial charge in [0.15, 0.2) is 0 Å². The zero-order valence-electron chi connectivity index (χ0n) is 8.70. The quantitative estimate of drug-likeness (QED) is 0.745. The van der Waals surface area contributed by atoms with E-state index in [1.165, 1.54) is 0 Å². The van der Waals surface area contributed by atoms with Crippen molar-refractivity contribution in [1.82, 2.24) is 0 Å².